The smallest absolute Gasteiger partial charge is 0.221 e. The van der Waals surface area contributed by atoms with Gasteiger partial charge in [-0.15, -0.1) is 0 Å². The monoisotopic (exact) mass is 249 g/mol. The molecular weight excluding hydrogens is 224 g/mol. The van der Waals surface area contributed by atoms with Gasteiger partial charge in [0.1, 0.15) is 0 Å². The molecule has 18 heavy (non-hydrogen) atoms. The SMILES string of the molecule is CCCC#CC#CCCC(=O)NCC[N+](C)(C)C. The van der Waals surface area contributed by atoms with E-state index in [1.54, 1.807) is 0 Å². The molecule has 3 heteroatoms. The Balaban J connectivity index is 3.63. The van der Waals surface area contributed by atoms with E-state index >= 15 is 0 Å². The fraction of sp³-hybridized carbons (Fsp3) is 0.667. The third-order valence-electron chi connectivity index (χ3n) is 2.20. The van der Waals surface area contributed by atoms with Gasteiger partial charge in [-0.05, 0) is 18.3 Å². The summed E-state index contributed by atoms with van der Waals surface area (Å²) in [5, 5.41) is 2.89. The number of nitrogens with zero attached hydrogens (tertiary/aromatic N) is 1. The van der Waals surface area contributed by atoms with Gasteiger partial charge in [-0.25, -0.2) is 0 Å². The van der Waals surface area contributed by atoms with Crippen LogP contribution < -0.4 is 5.32 Å². The molecule has 0 spiro atoms. The second-order valence-electron chi connectivity index (χ2n) is 5.22. The van der Waals surface area contributed by atoms with Gasteiger partial charge >= 0.3 is 0 Å². The first kappa shape index (κ1) is 16.6. The van der Waals surface area contributed by atoms with E-state index in [1.165, 1.54) is 0 Å². The first-order chi connectivity index (χ1) is 8.45. The summed E-state index contributed by atoms with van der Waals surface area (Å²) in [5.74, 6) is 11.4. The zero-order valence-corrected chi connectivity index (χ0v) is 12.1. The lowest BCUT2D eigenvalue weighted by molar-refractivity contribution is -0.869. The normalized spacial score (nSPS) is 9.78. The zero-order chi connectivity index (χ0) is 13.9. The Morgan fingerprint density at radius 2 is 1.72 bits per heavy atom. The summed E-state index contributed by atoms with van der Waals surface area (Å²) in [7, 11) is 6.31. The Kier molecular flexibility index (Phi) is 8.80. The van der Waals surface area contributed by atoms with Gasteiger partial charge in [0, 0.05) is 19.3 Å². The third-order valence-corrected chi connectivity index (χ3v) is 2.20. The van der Waals surface area contributed by atoms with Crippen molar-refractivity contribution in [2.75, 3.05) is 34.2 Å². The van der Waals surface area contributed by atoms with Crippen LogP contribution in [0, 0.1) is 23.7 Å². The Hall–Kier alpha value is -1.45. The van der Waals surface area contributed by atoms with Gasteiger partial charge in [-0.3, -0.25) is 4.79 Å². The lowest BCUT2D eigenvalue weighted by Gasteiger charge is -2.23. The maximum atomic E-state index is 11.4. The second kappa shape index (κ2) is 9.57. The number of hydrogen-bond acceptors (Lipinski definition) is 1. The van der Waals surface area contributed by atoms with Crippen LogP contribution in [0.25, 0.3) is 0 Å². The Morgan fingerprint density at radius 3 is 2.28 bits per heavy atom. The molecule has 0 fully saturated rings. The molecule has 0 heterocycles. The molecule has 0 unspecified atom stereocenters. The van der Waals surface area contributed by atoms with Gasteiger partial charge in [-0.1, -0.05) is 18.8 Å². The van der Waals surface area contributed by atoms with Crippen LogP contribution in [0.4, 0.5) is 0 Å². The maximum absolute atomic E-state index is 11.4. The number of rotatable bonds is 6. The van der Waals surface area contributed by atoms with Crippen LogP contribution in [0.2, 0.25) is 0 Å². The van der Waals surface area contributed by atoms with Crippen molar-refractivity contribution in [3.8, 4) is 23.7 Å². The quantitative estimate of drug-likeness (QED) is 0.559. The number of amides is 1. The van der Waals surface area contributed by atoms with Crippen molar-refractivity contribution in [2.24, 2.45) is 0 Å². The van der Waals surface area contributed by atoms with E-state index in [9.17, 15) is 4.79 Å². The fourth-order valence-corrected chi connectivity index (χ4v) is 1.13. The third kappa shape index (κ3) is 12.6. The van der Waals surface area contributed by atoms with Crippen molar-refractivity contribution in [3.63, 3.8) is 0 Å². The minimum Gasteiger partial charge on any atom is -0.350 e. The zero-order valence-electron chi connectivity index (χ0n) is 12.1. The molecule has 3 nitrogen and oxygen atoms in total. The topological polar surface area (TPSA) is 29.1 Å². The molecule has 0 saturated heterocycles. The molecular formula is C15H25N2O+. The summed E-state index contributed by atoms with van der Waals surface area (Å²) in [4.78, 5) is 11.4. The molecule has 0 aliphatic carbocycles. The fourth-order valence-electron chi connectivity index (χ4n) is 1.13. The van der Waals surface area contributed by atoms with Crippen LogP contribution in [0.15, 0.2) is 0 Å². The summed E-state index contributed by atoms with van der Waals surface area (Å²) < 4.78 is 0.854. The van der Waals surface area contributed by atoms with Crippen molar-refractivity contribution in [1.82, 2.24) is 5.32 Å². The van der Waals surface area contributed by atoms with Gasteiger partial charge in [0.05, 0.1) is 34.2 Å². The Bertz CT molecular complexity index is 358. The van der Waals surface area contributed by atoms with E-state index in [-0.39, 0.29) is 5.91 Å². The van der Waals surface area contributed by atoms with Crippen molar-refractivity contribution >= 4 is 5.91 Å². The number of likely N-dealkylation sites (N-methyl/N-ethyl adjacent to an activating group) is 1. The van der Waals surface area contributed by atoms with Crippen molar-refractivity contribution in [3.05, 3.63) is 0 Å². The number of unbranched alkanes of at least 4 members (excludes halogenated alkanes) is 1. The Labute approximate surface area is 112 Å². The number of quaternary nitrogens is 1. The lowest BCUT2D eigenvalue weighted by atomic mass is 10.3. The van der Waals surface area contributed by atoms with Crippen LogP contribution in [-0.4, -0.2) is 44.6 Å². The van der Waals surface area contributed by atoms with Crippen molar-refractivity contribution in [2.45, 2.75) is 32.6 Å². The molecule has 1 amide bonds. The summed E-state index contributed by atoms with van der Waals surface area (Å²) in [5.41, 5.74) is 0. The van der Waals surface area contributed by atoms with Crippen LogP contribution in [0.1, 0.15) is 32.6 Å². The molecule has 0 bridgehead atoms. The highest BCUT2D eigenvalue weighted by molar-refractivity contribution is 5.76. The highest BCUT2D eigenvalue weighted by atomic mass is 16.1. The summed E-state index contributed by atoms with van der Waals surface area (Å²) in [6.07, 6.45) is 2.99. The van der Waals surface area contributed by atoms with Crippen LogP contribution in [0.5, 0.6) is 0 Å². The first-order valence-electron chi connectivity index (χ1n) is 6.48. The molecule has 100 valence electrons. The summed E-state index contributed by atoms with van der Waals surface area (Å²) in [6, 6.07) is 0. The molecule has 0 aromatic heterocycles. The minimum absolute atomic E-state index is 0.0688. The summed E-state index contributed by atoms with van der Waals surface area (Å²) >= 11 is 0. The lowest BCUT2D eigenvalue weighted by Crippen LogP contribution is -2.41. The largest absolute Gasteiger partial charge is 0.350 e. The number of carbonyl (C=O) groups is 1. The van der Waals surface area contributed by atoms with Crippen molar-refractivity contribution < 1.29 is 9.28 Å². The molecule has 1 N–H and O–H groups in total. The number of carbonyl (C=O) groups excluding carboxylic acids is 1. The van der Waals surface area contributed by atoms with E-state index in [2.05, 4.69) is 57.1 Å². The standard InChI is InChI=1S/C15H24N2O/c1-5-6-7-8-9-10-11-12-15(18)16-13-14-17(2,3)4/h5-6,11-14H2,1-4H3/p+1. The predicted molar refractivity (Wildman–Crippen MR) is 75.6 cm³/mol. The average Bonchev–Trinajstić information content (AvgIpc) is 2.26. The molecule has 0 rings (SSSR count). The highest BCUT2D eigenvalue weighted by Gasteiger charge is 2.07. The van der Waals surface area contributed by atoms with E-state index in [0.29, 0.717) is 19.4 Å². The Morgan fingerprint density at radius 1 is 1.11 bits per heavy atom. The highest BCUT2D eigenvalue weighted by Crippen LogP contribution is 1.89. The van der Waals surface area contributed by atoms with E-state index in [1.807, 2.05) is 0 Å². The number of nitrogens with one attached hydrogen (secondary N) is 1. The molecule has 0 atom stereocenters. The van der Waals surface area contributed by atoms with Gasteiger partial charge in [0.2, 0.25) is 5.91 Å². The van der Waals surface area contributed by atoms with Crippen molar-refractivity contribution in [1.29, 1.82) is 0 Å². The average molecular weight is 249 g/mol. The first-order valence-corrected chi connectivity index (χ1v) is 6.48. The van der Waals surface area contributed by atoms with Gasteiger partial charge in [0.15, 0.2) is 0 Å². The van der Waals surface area contributed by atoms with E-state index in [4.69, 9.17) is 0 Å². The van der Waals surface area contributed by atoms with Crippen LogP contribution in [-0.2, 0) is 4.79 Å². The summed E-state index contributed by atoms with van der Waals surface area (Å²) in [6.45, 7) is 3.73. The maximum Gasteiger partial charge on any atom is 0.221 e. The van der Waals surface area contributed by atoms with Crippen LogP contribution >= 0.6 is 0 Å². The van der Waals surface area contributed by atoms with E-state index < -0.39 is 0 Å². The predicted octanol–water partition coefficient (Wildman–Crippen LogP) is 1.40. The second-order valence-corrected chi connectivity index (χ2v) is 5.22. The molecule has 0 radical (unpaired) electrons. The van der Waals surface area contributed by atoms with Gasteiger partial charge in [0.25, 0.3) is 0 Å². The molecule has 0 aromatic rings. The van der Waals surface area contributed by atoms with Gasteiger partial charge in [-0.2, -0.15) is 0 Å². The molecule has 0 aromatic carbocycles. The number of hydrogen-bond donors (Lipinski definition) is 1. The van der Waals surface area contributed by atoms with Crippen LogP contribution in [0.3, 0.4) is 0 Å². The van der Waals surface area contributed by atoms with Gasteiger partial charge < -0.3 is 9.80 Å². The molecule has 0 aliphatic heterocycles. The minimum atomic E-state index is 0.0688. The molecule has 0 aliphatic rings. The van der Waals surface area contributed by atoms with E-state index in [0.717, 1.165) is 23.9 Å². The molecule has 0 saturated carbocycles.